The maximum absolute atomic E-state index is 5.88. The van der Waals surface area contributed by atoms with E-state index >= 15 is 0 Å². The molecule has 5 nitrogen and oxygen atoms in total. The maximum Gasteiger partial charge on any atom is 0.205 e. The second-order valence-corrected chi connectivity index (χ2v) is 7.43. The van der Waals surface area contributed by atoms with Gasteiger partial charge in [-0.1, -0.05) is 42.1 Å². The van der Waals surface area contributed by atoms with Crippen molar-refractivity contribution in [2.24, 2.45) is 0 Å². The highest BCUT2D eigenvalue weighted by molar-refractivity contribution is 7.98. The number of rotatable bonds is 6. The van der Waals surface area contributed by atoms with Gasteiger partial charge in [0.1, 0.15) is 5.82 Å². The Hall–Kier alpha value is -2.08. The average molecular weight is 338 g/mol. The summed E-state index contributed by atoms with van der Waals surface area (Å²) >= 11 is 1.68. The third-order valence-electron chi connectivity index (χ3n) is 4.48. The van der Waals surface area contributed by atoms with Crippen LogP contribution in [0.2, 0.25) is 0 Å². The Labute approximate surface area is 144 Å². The predicted octanol–water partition coefficient (Wildman–Crippen LogP) is 4.44. The molecule has 1 aromatic carbocycles. The molecule has 5 rings (SSSR count). The monoisotopic (exact) mass is 338 g/mol. The van der Waals surface area contributed by atoms with E-state index in [1.54, 1.807) is 18.0 Å². The molecule has 0 amide bonds. The van der Waals surface area contributed by atoms with Crippen molar-refractivity contribution in [3.05, 3.63) is 48.2 Å². The zero-order valence-electron chi connectivity index (χ0n) is 13.3. The van der Waals surface area contributed by atoms with Crippen LogP contribution in [0.4, 0.5) is 0 Å². The summed E-state index contributed by atoms with van der Waals surface area (Å²) in [5, 5.41) is 9.88. The van der Waals surface area contributed by atoms with Crippen molar-refractivity contribution in [2.45, 2.75) is 48.6 Å². The number of benzene rings is 1. The summed E-state index contributed by atoms with van der Waals surface area (Å²) in [4.78, 5) is 4.41. The molecule has 0 aliphatic heterocycles. The standard InChI is InChI=1S/C18H18N4OS/c1-2-4-12(5-3-1)15-10-19-16(23-15)11-24-18-21-20-17(13-6-7-13)22(18)14-8-9-14/h1-5,10,13-14H,6-9,11H2. The van der Waals surface area contributed by atoms with E-state index in [-0.39, 0.29) is 0 Å². The molecule has 0 radical (unpaired) electrons. The van der Waals surface area contributed by atoms with Gasteiger partial charge in [-0.05, 0) is 25.7 Å². The van der Waals surface area contributed by atoms with Crippen LogP contribution in [0.5, 0.6) is 0 Å². The van der Waals surface area contributed by atoms with Crippen molar-refractivity contribution in [1.82, 2.24) is 19.7 Å². The zero-order valence-corrected chi connectivity index (χ0v) is 14.1. The highest BCUT2D eigenvalue weighted by atomic mass is 32.2. The number of oxazole rings is 1. The first kappa shape index (κ1) is 14.3. The van der Waals surface area contributed by atoms with E-state index in [1.165, 1.54) is 31.5 Å². The van der Waals surface area contributed by atoms with Crippen LogP contribution in [0.3, 0.4) is 0 Å². The Morgan fingerprint density at radius 1 is 1.08 bits per heavy atom. The van der Waals surface area contributed by atoms with Crippen LogP contribution in [0.25, 0.3) is 11.3 Å². The minimum atomic E-state index is 0.613. The van der Waals surface area contributed by atoms with Gasteiger partial charge in [0.25, 0.3) is 0 Å². The van der Waals surface area contributed by atoms with Crippen LogP contribution in [-0.4, -0.2) is 19.7 Å². The summed E-state index contributed by atoms with van der Waals surface area (Å²) in [6.45, 7) is 0. The van der Waals surface area contributed by atoms with Crippen LogP contribution < -0.4 is 0 Å². The van der Waals surface area contributed by atoms with Gasteiger partial charge in [-0.3, -0.25) is 0 Å². The molecule has 2 aromatic heterocycles. The third-order valence-corrected chi connectivity index (χ3v) is 5.41. The quantitative estimate of drug-likeness (QED) is 0.622. The smallest absolute Gasteiger partial charge is 0.205 e. The molecule has 0 spiro atoms. The Kier molecular flexibility index (Phi) is 3.43. The van der Waals surface area contributed by atoms with Gasteiger partial charge in [0.05, 0.1) is 11.9 Å². The van der Waals surface area contributed by atoms with Crippen molar-refractivity contribution in [3.63, 3.8) is 0 Å². The Bertz CT molecular complexity index is 849. The highest BCUT2D eigenvalue weighted by Crippen LogP contribution is 2.46. The van der Waals surface area contributed by atoms with E-state index in [0.29, 0.717) is 17.7 Å². The SMILES string of the molecule is c1ccc(-c2cnc(CSc3nnc(C4CC4)n3C3CC3)o2)cc1. The van der Waals surface area contributed by atoms with E-state index in [9.17, 15) is 0 Å². The number of aromatic nitrogens is 4. The molecular formula is C18H18N4OS. The Morgan fingerprint density at radius 3 is 2.67 bits per heavy atom. The lowest BCUT2D eigenvalue weighted by Crippen LogP contribution is -2.01. The molecule has 2 aliphatic rings. The van der Waals surface area contributed by atoms with Crippen molar-refractivity contribution in [3.8, 4) is 11.3 Å². The molecule has 122 valence electrons. The van der Waals surface area contributed by atoms with Crippen LogP contribution in [0.1, 0.15) is 49.4 Å². The molecule has 2 fully saturated rings. The molecule has 0 atom stereocenters. The maximum atomic E-state index is 5.88. The first-order valence-electron chi connectivity index (χ1n) is 8.46. The van der Waals surface area contributed by atoms with E-state index in [0.717, 1.165) is 22.4 Å². The second kappa shape index (κ2) is 5.77. The second-order valence-electron chi connectivity index (χ2n) is 6.49. The van der Waals surface area contributed by atoms with Crippen molar-refractivity contribution in [2.75, 3.05) is 0 Å². The summed E-state index contributed by atoms with van der Waals surface area (Å²) in [5.41, 5.74) is 1.05. The van der Waals surface area contributed by atoms with Gasteiger partial charge in [0, 0.05) is 17.5 Å². The number of hydrogen-bond donors (Lipinski definition) is 0. The lowest BCUT2D eigenvalue weighted by atomic mass is 10.2. The molecule has 6 heteroatoms. The first-order valence-corrected chi connectivity index (χ1v) is 9.45. The zero-order chi connectivity index (χ0) is 15.9. The van der Waals surface area contributed by atoms with Crippen LogP contribution in [0, 0.1) is 0 Å². The lowest BCUT2D eigenvalue weighted by Gasteiger charge is -2.07. The fourth-order valence-corrected chi connectivity index (χ4v) is 3.79. The van der Waals surface area contributed by atoms with Crippen LogP contribution in [0.15, 0.2) is 46.1 Å². The molecule has 2 aliphatic carbocycles. The molecule has 2 heterocycles. The third kappa shape index (κ3) is 2.75. The van der Waals surface area contributed by atoms with Gasteiger partial charge in [-0.15, -0.1) is 10.2 Å². The largest absolute Gasteiger partial charge is 0.440 e. The van der Waals surface area contributed by atoms with Gasteiger partial charge in [0.2, 0.25) is 5.89 Å². The molecule has 0 N–H and O–H groups in total. The van der Waals surface area contributed by atoms with Crippen molar-refractivity contribution < 1.29 is 4.42 Å². The Balaban J connectivity index is 1.32. The summed E-state index contributed by atoms with van der Waals surface area (Å²) in [6, 6.07) is 10.7. The molecular weight excluding hydrogens is 320 g/mol. The summed E-state index contributed by atoms with van der Waals surface area (Å²) < 4.78 is 8.25. The average Bonchev–Trinajstić information content (AvgIpc) is 3.55. The molecule has 0 unspecified atom stereocenters. The van der Waals surface area contributed by atoms with E-state index in [4.69, 9.17) is 4.42 Å². The highest BCUT2D eigenvalue weighted by Gasteiger charge is 2.36. The molecule has 3 aromatic rings. The minimum Gasteiger partial charge on any atom is -0.440 e. The van der Waals surface area contributed by atoms with E-state index < -0.39 is 0 Å². The van der Waals surface area contributed by atoms with E-state index in [2.05, 4.69) is 19.7 Å². The van der Waals surface area contributed by atoms with Crippen molar-refractivity contribution >= 4 is 11.8 Å². The van der Waals surface area contributed by atoms with Gasteiger partial charge >= 0.3 is 0 Å². The summed E-state index contributed by atoms with van der Waals surface area (Å²) in [6.07, 6.45) is 6.82. The lowest BCUT2D eigenvalue weighted by molar-refractivity contribution is 0.529. The number of hydrogen-bond acceptors (Lipinski definition) is 5. The fourth-order valence-electron chi connectivity index (χ4n) is 2.92. The number of thioether (sulfide) groups is 1. The van der Waals surface area contributed by atoms with Crippen LogP contribution >= 0.6 is 11.8 Å². The van der Waals surface area contributed by atoms with Gasteiger partial charge in [0.15, 0.2) is 10.9 Å². The van der Waals surface area contributed by atoms with E-state index in [1.807, 2.05) is 30.3 Å². The minimum absolute atomic E-state index is 0.613. The first-order chi connectivity index (χ1) is 11.9. The summed E-state index contributed by atoms with van der Waals surface area (Å²) in [7, 11) is 0. The van der Waals surface area contributed by atoms with Crippen molar-refractivity contribution in [1.29, 1.82) is 0 Å². The molecule has 24 heavy (non-hydrogen) atoms. The predicted molar refractivity (Wildman–Crippen MR) is 91.8 cm³/mol. The molecule has 0 saturated heterocycles. The molecule has 2 saturated carbocycles. The van der Waals surface area contributed by atoms with Gasteiger partial charge in [-0.2, -0.15) is 0 Å². The Morgan fingerprint density at radius 2 is 1.92 bits per heavy atom. The topological polar surface area (TPSA) is 56.7 Å². The molecule has 0 bridgehead atoms. The normalized spacial score (nSPS) is 17.3. The summed E-state index contributed by atoms with van der Waals surface area (Å²) in [5.74, 6) is 4.06. The number of nitrogens with zero attached hydrogens (tertiary/aromatic N) is 4. The van der Waals surface area contributed by atoms with Gasteiger partial charge in [-0.25, -0.2) is 4.98 Å². The fraction of sp³-hybridized carbons (Fsp3) is 0.389. The van der Waals surface area contributed by atoms with Crippen LogP contribution in [-0.2, 0) is 5.75 Å². The van der Waals surface area contributed by atoms with Gasteiger partial charge < -0.3 is 8.98 Å².